The number of nitrogens with zero attached hydrogens (tertiary/aromatic N) is 2. The molecule has 0 radical (unpaired) electrons. The number of hydrogen-bond acceptors (Lipinski definition) is 5. The van der Waals surface area contributed by atoms with Crippen LogP contribution in [0.1, 0.15) is 5.56 Å². The summed E-state index contributed by atoms with van der Waals surface area (Å²) in [4.78, 5) is 4.76. The van der Waals surface area contributed by atoms with Gasteiger partial charge in [0.25, 0.3) is 5.55 Å². The van der Waals surface area contributed by atoms with E-state index in [9.17, 15) is 5.21 Å². The first kappa shape index (κ1) is 16.7. The van der Waals surface area contributed by atoms with E-state index in [2.05, 4.69) is 48.5 Å². The average molecular weight is 384 g/mol. The van der Waals surface area contributed by atoms with Crippen LogP contribution in [-0.2, 0) is 0 Å². The molecule has 0 fully saturated rings. The molecule has 0 amide bonds. The lowest BCUT2D eigenvalue weighted by atomic mass is 10.0. The van der Waals surface area contributed by atoms with Gasteiger partial charge in [0.05, 0.1) is 11.3 Å². The Hall–Kier alpha value is -3.44. The zero-order valence-corrected chi connectivity index (χ0v) is 15.9. The molecule has 0 aliphatic rings. The summed E-state index contributed by atoms with van der Waals surface area (Å²) in [5.74, 6) is 0. The van der Waals surface area contributed by atoms with Gasteiger partial charge in [0, 0.05) is 16.3 Å². The molecule has 2 heterocycles. The third-order valence-electron chi connectivity index (χ3n) is 4.83. The molecule has 1 N–H and O–H groups in total. The Labute approximate surface area is 165 Å². The van der Waals surface area contributed by atoms with Gasteiger partial charge in [-0.15, -0.1) is 11.3 Å². The maximum Gasteiger partial charge on any atom is 0.265 e. The lowest BCUT2D eigenvalue weighted by Crippen LogP contribution is -2.05. The summed E-state index contributed by atoms with van der Waals surface area (Å²) in [6, 6.07) is 22.3. The van der Waals surface area contributed by atoms with Crippen LogP contribution in [-0.4, -0.2) is 10.2 Å². The zero-order valence-electron chi connectivity index (χ0n) is 15.1. The Kier molecular flexibility index (Phi) is 3.95. The maximum atomic E-state index is 9.51. The fourth-order valence-electron chi connectivity index (χ4n) is 3.36. The standard InChI is InChI=1S/C23H16N2O2S/c1-14-6-8-16(9-7-14)20-13-28-23(24-20)19-12-18-17-5-3-2-4-15(17)10-11-21(18)27-22(19)25-26/h2-13,26H,1H3/b25-22+. The number of rotatable bonds is 2. The maximum absolute atomic E-state index is 9.51. The first-order valence-corrected chi connectivity index (χ1v) is 9.77. The Morgan fingerprint density at radius 2 is 1.79 bits per heavy atom. The number of aryl methyl sites for hydroxylation is 1. The van der Waals surface area contributed by atoms with Crippen LogP contribution in [0.25, 0.3) is 43.6 Å². The molecule has 0 aliphatic carbocycles. The van der Waals surface area contributed by atoms with Crippen molar-refractivity contribution in [1.29, 1.82) is 0 Å². The molecule has 2 aromatic heterocycles. The monoisotopic (exact) mass is 384 g/mol. The zero-order chi connectivity index (χ0) is 19.1. The van der Waals surface area contributed by atoms with Crippen molar-refractivity contribution in [2.24, 2.45) is 5.16 Å². The van der Waals surface area contributed by atoms with E-state index >= 15 is 0 Å². The van der Waals surface area contributed by atoms with E-state index in [1.165, 1.54) is 16.9 Å². The predicted octanol–water partition coefficient (Wildman–Crippen LogP) is 5.97. The molecule has 5 aromatic rings. The van der Waals surface area contributed by atoms with Gasteiger partial charge in [-0.2, -0.15) is 0 Å². The number of fused-ring (bicyclic) bond motifs is 3. The summed E-state index contributed by atoms with van der Waals surface area (Å²) in [7, 11) is 0. The summed E-state index contributed by atoms with van der Waals surface area (Å²) < 4.78 is 5.89. The molecule has 28 heavy (non-hydrogen) atoms. The summed E-state index contributed by atoms with van der Waals surface area (Å²) in [6.07, 6.45) is 0. The van der Waals surface area contributed by atoms with E-state index in [4.69, 9.17) is 9.40 Å². The first-order valence-electron chi connectivity index (χ1n) is 8.89. The molecular formula is C23H16N2O2S. The summed E-state index contributed by atoms with van der Waals surface area (Å²) in [5, 5.41) is 18.8. The van der Waals surface area contributed by atoms with Crippen molar-refractivity contribution in [2.45, 2.75) is 6.92 Å². The van der Waals surface area contributed by atoms with Gasteiger partial charge in [-0.1, -0.05) is 60.2 Å². The minimum Gasteiger partial charge on any atom is -0.435 e. The lowest BCUT2D eigenvalue weighted by Gasteiger charge is -2.05. The van der Waals surface area contributed by atoms with Gasteiger partial charge in [0.2, 0.25) is 0 Å². The van der Waals surface area contributed by atoms with Crippen molar-refractivity contribution >= 4 is 33.1 Å². The molecule has 0 saturated heterocycles. The third-order valence-corrected chi connectivity index (χ3v) is 5.70. The number of benzene rings is 3. The molecule has 0 atom stereocenters. The van der Waals surface area contributed by atoms with E-state index in [-0.39, 0.29) is 5.55 Å². The van der Waals surface area contributed by atoms with E-state index < -0.39 is 0 Å². The van der Waals surface area contributed by atoms with Crippen LogP contribution in [0.15, 0.2) is 81.7 Å². The molecule has 0 unspecified atom stereocenters. The molecule has 3 aromatic carbocycles. The lowest BCUT2D eigenvalue weighted by molar-refractivity contribution is 0.277. The molecule has 0 spiro atoms. The van der Waals surface area contributed by atoms with E-state index in [0.29, 0.717) is 11.1 Å². The normalized spacial score (nSPS) is 12.1. The van der Waals surface area contributed by atoms with Crippen molar-refractivity contribution in [3.63, 3.8) is 0 Å². The van der Waals surface area contributed by atoms with Gasteiger partial charge in [0.15, 0.2) is 0 Å². The number of aromatic nitrogens is 1. The number of hydrogen-bond donors (Lipinski definition) is 1. The van der Waals surface area contributed by atoms with E-state index in [1.54, 1.807) is 0 Å². The fourth-order valence-corrected chi connectivity index (χ4v) is 4.20. The van der Waals surface area contributed by atoms with Gasteiger partial charge in [0.1, 0.15) is 10.6 Å². The van der Waals surface area contributed by atoms with Crippen LogP contribution < -0.4 is 5.55 Å². The van der Waals surface area contributed by atoms with Crippen molar-refractivity contribution in [2.75, 3.05) is 0 Å². The quantitative estimate of drug-likeness (QED) is 0.232. The molecule has 0 aliphatic heterocycles. The van der Waals surface area contributed by atoms with Crippen LogP contribution in [0.5, 0.6) is 0 Å². The molecule has 4 nitrogen and oxygen atoms in total. The summed E-state index contributed by atoms with van der Waals surface area (Å²) >= 11 is 1.50. The van der Waals surface area contributed by atoms with Crippen molar-refractivity contribution in [3.05, 3.63) is 83.2 Å². The smallest absolute Gasteiger partial charge is 0.265 e. The highest BCUT2D eigenvalue weighted by molar-refractivity contribution is 7.13. The number of thiazole rings is 1. The van der Waals surface area contributed by atoms with Gasteiger partial charge in [-0.25, -0.2) is 4.98 Å². The second-order valence-corrected chi connectivity index (χ2v) is 7.53. The van der Waals surface area contributed by atoms with Crippen LogP contribution in [0.3, 0.4) is 0 Å². The van der Waals surface area contributed by atoms with Crippen LogP contribution in [0, 0.1) is 6.92 Å². The van der Waals surface area contributed by atoms with E-state index in [0.717, 1.165) is 32.4 Å². The minimum absolute atomic E-state index is 0.160. The van der Waals surface area contributed by atoms with Crippen molar-refractivity contribution in [1.82, 2.24) is 4.98 Å². The molecular weight excluding hydrogens is 368 g/mol. The van der Waals surface area contributed by atoms with Gasteiger partial charge >= 0.3 is 0 Å². The Morgan fingerprint density at radius 1 is 0.964 bits per heavy atom. The Morgan fingerprint density at radius 3 is 2.61 bits per heavy atom. The molecule has 5 rings (SSSR count). The Bertz CT molecular complexity index is 1380. The first-order chi connectivity index (χ1) is 13.7. The largest absolute Gasteiger partial charge is 0.435 e. The second kappa shape index (κ2) is 6.62. The van der Waals surface area contributed by atoms with Crippen LogP contribution in [0.2, 0.25) is 0 Å². The molecule has 0 saturated carbocycles. The second-order valence-electron chi connectivity index (χ2n) is 6.67. The molecule has 0 bridgehead atoms. The minimum atomic E-state index is 0.160. The van der Waals surface area contributed by atoms with Crippen LogP contribution >= 0.6 is 11.3 Å². The highest BCUT2D eigenvalue weighted by atomic mass is 32.1. The van der Waals surface area contributed by atoms with Gasteiger partial charge < -0.3 is 9.62 Å². The Balaban J connectivity index is 1.72. The fraction of sp³-hybridized carbons (Fsp3) is 0.0435. The summed E-state index contributed by atoms with van der Waals surface area (Å²) in [5.41, 5.74) is 4.66. The molecule has 136 valence electrons. The summed E-state index contributed by atoms with van der Waals surface area (Å²) in [6.45, 7) is 2.06. The van der Waals surface area contributed by atoms with Crippen molar-refractivity contribution in [3.8, 4) is 21.8 Å². The predicted molar refractivity (Wildman–Crippen MR) is 112 cm³/mol. The topological polar surface area (TPSA) is 58.6 Å². The van der Waals surface area contributed by atoms with Crippen molar-refractivity contribution < 1.29 is 9.62 Å². The highest BCUT2D eigenvalue weighted by Gasteiger charge is 2.13. The molecule has 5 heteroatoms. The average Bonchev–Trinajstić information content (AvgIpc) is 3.23. The van der Waals surface area contributed by atoms with Crippen LogP contribution in [0.4, 0.5) is 0 Å². The van der Waals surface area contributed by atoms with Gasteiger partial charge in [-0.3, -0.25) is 0 Å². The SMILES string of the molecule is Cc1ccc(-c2csc(-c3cc4c(ccc5ccccc54)o/c3=N/O)n2)cc1. The highest BCUT2D eigenvalue weighted by Crippen LogP contribution is 2.31. The van der Waals surface area contributed by atoms with Gasteiger partial charge in [-0.05, 0) is 35.0 Å². The third kappa shape index (κ3) is 2.77. The van der Waals surface area contributed by atoms with E-state index in [1.807, 2.05) is 35.7 Å².